The molecule has 4 heterocycles. The number of fused-ring (bicyclic) bond motifs is 2. The van der Waals surface area contributed by atoms with E-state index in [4.69, 9.17) is 9.47 Å². The number of nitrogens with zero attached hydrogens (tertiary/aromatic N) is 4. The van der Waals surface area contributed by atoms with Crippen molar-refractivity contribution in [1.82, 2.24) is 24.9 Å². The smallest absolute Gasteiger partial charge is 0.257 e. The minimum Gasteiger partial charge on any atom is -0.494 e. The molecule has 3 N–H and O–H groups in total. The zero-order valence-corrected chi connectivity index (χ0v) is 20.7. The molecule has 0 unspecified atom stereocenters. The molecule has 196 valence electrons. The van der Waals surface area contributed by atoms with Gasteiger partial charge in [-0.05, 0) is 31.0 Å². The van der Waals surface area contributed by atoms with Gasteiger partial charge in [-0.2, -0.15) is 9.61 Å². The van der Waals surface area contributed by atoms with Gasteiger partial charge in [-0.25, -0.2) is 13.8 Å². The van der Waals surface area contributed by atoms with Crippen LogP contribution in [0, 0.1) is 17.6 Å². The van der Waals surface area contributed by atoms with Gasteiger partial charge >= 0.3 is 0 Å². The van der Waals surface area contributed by atoms with Gasteiger partial charge in [-0.3, -0.25) is 9.78 Å². The Kier molecular flexibility index (Phi) is 6.03. The van der Waals surface area contributed by atoms with Crippen molar-refractivity contribution in [1.29, 1.82) is 0 Å². The van der Waals surface area contributed by atoms with Gasteiger partial charge in [0.05, 0.1) is 49.6 Å². The largest absolute Gasteiger partial charge is 0.494 e. The van der Waals surface area contributed by atoms with Crippen LogP contribution in [-0.2, 0) is 4.74 Å². The van der Waals surface area contributed by atoms with Gasteiger partial charge in [-0.1, -0.05) is 0 Å². The zero-order valence-electron chi connectivity index (χ0n) is 20.7. The van der Waals surface area contributed by atoms with Crippen LogP contribution in [0.1, 0.15) is 23.2 Å². The first-order valence-corrected chi connectivity index (χ1v) is 12.2. The lowest BCUT2D eigenvalue weighted by Gasteiger charge is -2.34. The molecule has 2 aliphatic rings. The van der Waals surface area contributed by atoms with E-state index in [9.17, 15) is 13.6 Å². The van der Waals surface area contributed by atoms with Crippen LogP contribution in [0.5, 0.6) is 5.75 Å². The molecule has 0 spiro atoms. The second kappa shape index (κ2) is 9.53. The molecule has 0 bridgehead atoms. The molecule has 1 aromatic carbocycles. The van der Waals surface area contributed by atoms with Crippen LogP contribution in [0.25, 0.3) is 16.9 Å². The number of rotatable bonds is 7. The first kappa shape index (κ1) is 24.0. The van der Waals surface area contributed by atoms with Crippen LogP contribution in [0.2, 0.25) is 0 Å². The number of nitrogens with one attached hydrogen (secondary N) is 3. The number of aromatic nitrogens is 4. The van der Waals surface area contributed by atoms with E-state index in [1.807, 2.05) is 0 Å². The Labute approximate surface area is 216 Å². The third-order valence-electron chi connectivity index (χ3n) is 7.03. The summed E-state index contributed by atoms with van der Waals surface area (Å²) in [6.07, 6.45) is 4.48. The normalized spacial score (nSPS) is 20.1. The number of benzene rings is 1. The predicted molar refractivity (Wildman–Crippen MR) is 136 cm³/mol. The van der Waals surface area contributed by atoms with Crippen molar-refractivity contribution < 1.29 is 23.0 Å². The highest BCUT2D eigenvalue weighted by atomic mass is 19.1. The molecule has 3 atom stereocenters. The van der Waals surface area contributed by atoms with Crippen LogP contribution in [0.15, 0.2) is 42.7 Å². The molecule has 6 rings (SSSR count). The highest BCUT2D eigenvalue weighted by Crippen LogP contribution is 2.39. The number of hydrogen-bond donors (Lipinski definition) is 3. The van der Waals surface area contributed by atoms with E-state index in [1.54, 1.807) is 13.1 Å². The van der Waals surface area contributed by atoms with E-state index in [2.05, 4.69) is 31.0 Å². The molecule has 3 aromatic heterocycles. The van der Waals surface area contributed by atoms with Crippen LogP contribution in [0.4, 0.5) is 26.1 Å². The Hall–Kier alpha value is -4.32. The first-order valence-electron chi connectivity index (χ1n) is 12.2. The van der Waals surface area contributed by atoms with Crippen molar-refractivity contribution in [3.8, 4) is 17.0 Å². The third-order valence-corrected chi connectivity index (χ3v) is 7.03. The van der Waals surface area contributed by atoms with Crippen LogP contribution < -0.4 is 20.7 Å². The number of carbonyl (C=O) groups excluding carboxylic acids is 1. The Morgan fingerprint density at radius 1 is 1.16 bits per heavy atom. The van der Waals surface area contributed by atoms with Crippen molar-refractivity contribution in [2.45, 2.75) is 25.0 Å². The van der Waals surface area contributed by atoms with Crippen LogP contribution >= 0.6 is 0 Å². The van der Waals surface area contributed by atoms with Crippen molar-refractivity contribution in [3.63, 3.8) is 0 Å². The fraction of sp³-hybridized carbons (Fsp3) is 0.308. The maximum Gasteiger partial charge on any atom is 0.257 e. The number of halogens is 2. The molecule has 1 saturated carbocycles. The zero-order chi connectivity index (χ0) is 26.4. The highest BCUT2D eigenvalue weighted by molar-refractivity contribution is 6.00. The summed E-state index contributed by atoms with van der Waals surface area (Å²) in [6, 6.07) is 6.83. The number of hydrogen-bond acceptors (Lipinski definition) is 8. The molecule has 4 aromatic rings. The standard InChI is InChI=1S/C26H25F2N7O3/c1-29-22-9-21(32-20-8-15(28)7-16(24(20)37-2)18-6-4-14(27)10-30-18)34-25-17(11-31-35(22)25)26(36)33-19-5-3-13-12-38-23(13)19/h4,6-11,13,19,23,29H,3,5,12H2,1-2H3,(H,32,34)(H,33,36)/t13-,19+,23+/m0/s1. The maximum absolute atomic E-state index is 14.7. The van der Waals surface area contributed by atoms with Crippen molar-refractivity contribution in [2.24, 2.45) is 5.92 Å². The molecule has 1 saturated heterocycles. The summed E-state index contributed by atoms with van der Waals surface area (Å²) in [5, 5.41) is 13.5. The van der Waals surface area contributed by atoms with Gasteiger partial charge in [0, 0.05) is 30.7 Å². The molecule has 12 heteroatoms. The number of ether oxygens (including phenoxy) is 2. The molecular weight excluding hydrogens is 496 g/mol. The Bertz CT molecular complexity index is 1530. The maximum atomic E-state index is 14.7. The lowest BCUT2D eigenvalue weighted by atomic mass is 10.0. The number of carbonyl (C=O) groups is 1. The monoisotopic (exact) mass is 521 g/mol. The van der Waals surface area contributed by atoms with E-state index >= 15 is 0 Å². The molecule has 1 aliphatic carbocycles. The fourth-order valence-corrected chi connectivity index (χ4v) is 5.13. The molecule has 1 amide bonds. The van der Waals surface area contributed by atoms with Crippen LogP contribution in [0.3, 0.4) is 0 Å². The van der Waals surface area contributed by atoms with E-state index in [0.29, 0.717) is 45.8 Å². The summed E-state index contributed by atoms with van der Waals surface area (Å²) in [4.78, 5) is 21.9. The summed E-state index contributed by atoms with van der Waals surface area (Å²) in [5.41, 5.74) is 1.57. The van der Waals surface area contributed by atoms with Gasteiger partial charge in [0.15, 0.2) is 11.4 Å². The average Bonchev–Trinajstić information content (AvgIpc) is 3.43. The van der Waals surface area contributed by atoms with E-state index < -0.39 is 11.6 Å². The number of anilines is 3. The summed E-state index contributed by atoms with van der Waals surface area (Å²) >= 11 is 0. The summed E-state index contributed by atoms with van der Waals surface area (Å²) in [7, 11) is 3.16. The highest BCUT2D eigenvalue weighted by Gasteiger charge is 2.44. The Morgan fingerprint density at radius 2 is 2.03 bits per heavy atom. The SMILES string of the molecule is CNc1cc(Nc2cc(F)cc(-c3ccc(F)cn3)c2OC)nc2c(C(=O)N[C@@H]3CC[C@H]4CO[C@H]43)cnn12. The van der Waals surface area contributed by atoms with Gasteiger partial charge in [-0.15, -0.1) is 0 Å². The molecule has 2 fully saturated rings. The third kappa shape index (κ3) is 4.16. The van der Waals surface area contributed by atoms with E-state index in [1.165, 1.54) is 42.1 Å². The minimum atomic E-state index is -0.554. The summed E-state index contributed by atoms with van der Waals surface area (Å²) in [5.74, 6) is 0.319. The molecule has 0 radical (unpaired) electrons. The lowest BCUT2D eigenvalue weighted by Crippen LogP contribution is -2.49. The van der Waals surface area contributed by atoms with Gasteiger partial charge in [0.1, 0.15) is 28.8 Å². The lowest BCUT2D eigenvalue weighted by molar-refractivity contribution is -0.104. The van der Waals surface area contributed by atoms with E-state index in [-0.39, 0.29) is 23.7 Å². The van der Waals surface area contributed by atoms with E-state index in [0.717, 1.165) is 25.6 Å². The fourth-order valence-electron chi connectivity index (χ4n) is 5.13. The minimum absolute atomic E-state index is 0.0451. The van der Waals surface area contributed by atoms with Gasteiger partial charge < -0.3 is 25.4 Å². The first-order chi connectivity index (χ1) is 18.4. The van der Waals surface area contributed by atoms with Crippen LogP contribution in [-0.4, -0.2) is 58.4 Å². The molecule has 1 aliphatic heterocycles. The average molecular weight is 522 g/mol. The summed E-state index contributed by atoms with van der Waals surface area (Å²) in [6.45, 7) is 0.748. The molecular formula is C26H25F2N7O3. The number of methoxy groups -OCH3 is 1. The van der Waals surface area contributed by atoms with Crippen molar-refractivity contribution >= 4 is 28.9 Å². The number of pyridine rings is 1. The van der Waals surface area contributed by atoms with Gasteiger partial charge in [0.2, 0.25) is 0 Å². The topological polar surface area (TPSA) is 115 Å². The predicted octanol–water partition coefficient (Wildman–Crippen LogP) is 3.77. The Morgan fingerprint density at radius 3 is 2.71 bits per heavy atom. The molecule has 38 heavy (non-hydrogen) atoms. The molecule has 10 nitrogen and oxygen atoms in total. The van der Waals surface area contributed by atoms with Crippen molar-refractivity contribution in [2.75, 3.05) is 31.4 Å². The Balaban J connectivity index is 1.35. The quantitative estimate of drug-likeness (QED) is 0.337. The van der Waals surface area contributed by atoms with Crippen molar-refractivity contribution in [3.05, 3.63) is 59.9 Å². The number of amides is 1. The second-order valence-corrected chi connectivity index (χ2v) is 9.31. The second-order valence-electron chi connectivity index (χ2n) is 9.31. The van der Waals surface area contributed by atoms with Gasteiger partial charge in [0.25, 0.3) is 5.91 Å². The summed E-state index contributed by atoms with van der Waals surface area (Å²) < 4.78 is 40.8.